The number of hydrogen-bond donors (Lipinski definition) is 1. The Morgan fingerprint density at radius 2 is 2.00 bits per heavy atom. The van der Waals surface area contributed by atoms with Gasteiger partial charge >= 0.3 is 0 Å². The minimum absolute atomic E-state index is 0.181. The molecule has 1 aliphatic heterocycles. The van der Waals surface area contributed by atoms with E-state index in [1.165, 1.54) is 0 Å². The van der Waals surface area contributed by atoms with Crippen molar-refractivity contribution in [2.75, 3.05) is 5.75 Å². The van der Waals surface area contributed by atoms with Gasteiger partial charge in [-0.15, -0.1) is 0 Å². The first-order chi connectivity index (χ1) is 3.91. The van der Waals surface area contributed by atoms with E-state index in [1.807, 2.05) is 0 Å². The number of primary sulfonamides is 1. The molecule has 0 atom stereocenters. The first-order valence-electron chi connectivity index (χ1n) is 2.36. The summed E-state index contributed by atoms with van der Waals surface area (Å²) in [7, 11) is -3.41. The molecule has 1 rings (SSSR count). The van der Waals surface area contributed by atoms with Crippen LogP contribution >= 0.6 is 0 Å². The molecule has 0 bridgehead atoms. The van der Waals surface area contributed by atoms with Crippen molar-refractivity contribution in [2.24, 2.45) is 15.4 Å². The molecule has 0 fully saturated rings. The van der Waals surface area contributed by atoms with Crippen molar-refractivity contribution in [3.8, 4) is 0 Å². The van der Waals surface area contributed by atoms with E-state index in [2.05, 4.69) is 10.2 Å². The van der Waals surface area contributed by atoms with Crippen molar-refractivity contribution in [1.82, 2.24) is 0 Å². The summed E-state index contributed by atoms with van der Waals surface area (Å²) in [6.07, 6.45) is 0. The molecule has 52 valence electrons. The van der Waals surface area contributed by atoms with Gasteiger partial charge in [0.15, 0.2) is 0 Å². The van der Waals surface area contributed by atoms with Crippen LogP contribution in [0.2, 0.25) is 0 Å². The van der Waals surface area contributed by atoms with Crippen LogP contribution in [0.1, 0.15) is 6.92 Å². The van der Waals surface area contributed by atoms with Crippen LogP contribution in [0.4, 0.5) is 0 Å². The molecule has 0 saturated heterocycles. The van der Waals surface area contributed by atoms with Crippen LogP contribution < -0.4 is 5.14 Å². The summed E-state index contributed by atoms with van der Waals surface area (Å²) in [6, 6.07) is 0. The van der Waals surface area contributed by atoms with Crippen molar-refractivity contribution in [3.63, 3.8) is 0 Å². The van der Waals surface area contributed by atoms with E-state index in [-0.39, 0.29) is 5.75 Å². The highest BCUT2D eigenvalue weighted by Gasteiger charge is 2.37. The largest absolute Gasteiger partial charge is 0.229 e. The molecule has 0 aliphatic carbocycles. The molecule has 0 saturated carbocycles. The number of hydrogen-bond acceptors (Lipinski definition) is 4. The van der Waals surface area contributed by atoms with Crippen LogP contribution in [0.25, 0.3) is 0 Å². The predicted octanol–water partition coefficient (Wildman–Crippen LogP) is -0.543. The second-order valence-electron chi connectivity index (χ2n) is 2.22. The van der Waals surface area contributed by atoms with Gasteiger partial charge < -0.3 is 0 Å². The Bertz CT molecular complexity index is 236. The third kappa shape index (κ3) is 2.06. The fraction of sp³-hybridized carbons (Fsp3) is 1.00. The Kier molecular flexibility index (Phi) is 1.11. The zero-order chi connectivity index (χ0) is 7.12. The molecule has 0 amide bonds. The summed E-state index contributed by atoms with van der Waals surface area (Å²) in [5.74, 6) is -0.181. The molecule has 1 heterocycles. The average Bonchev–Trinajstić information content (AvgIpc) is 2.12. The van der Waals surface area contributed by atoms with Crippen LogP contribution in [-0.2, 0) is 10.0 Å². The van der Waals surface area contributed by atoms with Crippen molar-refractivity contribution < 1.29 is 8.42 Å². The van der Waals surface area contributed by atoms with Crippen molar-refractivity contribution in [2.45, 2.75) is 12.6 Å². The van der Waals surface area contributed by atoms with Gasteiger partial charge in [0, 0.05) is 0 Å². The van der Waals surface area contributed by atoms with Crippen molar-refractivity contribution in [3.05, 3.63) is 0 Å². The highest BCUT2D eigenvalue weighted by Crippen LogP contribution is 2.27. The molecule has 6 heteroatoms. The standard InChI is InChI=1S/C3H7N3O2S/c1-3(5-6-3)2-9(4,7)8/h2H2,1H3,(H2,4,7,8). The quantitative estimate of drug-likeness (QED) is 0.571. The molecule has 0 aromatic rings. The summed E-state index contributed by atoms with van der Waals surface area (Å²) < 4.78 is 20.7. The maximum absolute atomic E-state index is 10.3. The van der Waals surface area contributed by atoms with Gasteiger partial charge in [-0.25, -0.2) is 13.6 Å². The number of nitrogens with two attached hydrogens (primary N) is 1. The lowest BCUT2D eigenvalue weighted by molar-refractivity contribution is 0.586. The van der Waals surface area contributed by atoms with Gasteiger partial charge in [-0.3, -0.25) is 0 Å². The van der Waals surface area contributed by atoms with Gasteiger partial charge in [0.1, 0.15) is 5.75 Å². The minimum atomic E-state index is -3.41. The summed E-state index contributed by atoms with van der Waals surface area (Å²) >= 11 is 0. The summed E-state index contributed by atoms with van der Waals surface area (Å²) in [6.45, 7) is 1.61. The first kappa shape index (κ1) is 6.63. The van der Waals surface area contributed by atoms with E-state index in [4.69, 9.17) is 5.14 Å². The second-order valence-corrected chi connectivity index (χ2v) is 3.84. The molecular weight excluding hydrogens is 142 g/mol. The molecule has 1 aliphatic rings. The highest BCUT2D eigenvalue weighted by molar-refractivity contribution is 7.89. The minimum Gasteiger partial charge on any atom is -0.229 e. The lowest BCUT2D eigenvalue weighted by Gasteiger charge is -1.98. The Morgan fingerprint density at radius 3 is 2.11 bits per heavy atom. The molecular formula is C3H7N3O2S. The molecule has 0 spiro atoms. The lowest BCUT2D eigenvalue weighted by Crippen LogP contribution is -2.26. The van der Waals surface area contributed by atoms with Crippen molar-refractivity contribution in [1.29, 1.82) is 0 Å². The normalized spacial score (nSPS) is 22.0. The van der Waals surface area contributed by atoms with E-state index < -0.39 is 15.7 Å². The monoisotopic (exact) mass is 149 g/mol. The van der Waals surface area contributed by atoms with Crippen LogP contribution in [0.15, 0.2) is 10.2 Å². The molecule has 9 heavy (non-hydrogen) atoms. The predicted molar refractivity (Wildman–Crippen MR) is 31.2 cm³/mol. The van der Waals surface area contributed by atoms with Crippen LogP contribution in [0, 0.1) is 0 Å². The number of sulfonamides is 1. The van der Waals surface area contributed by atoms with E-state index >= 15 is 0 Å². The zero-order valence-corrected chi connectivity index (χ0v) is 5.72. The maximum atomic E-state index is 10.3. The Hall–Kier alpha value is -0.490. The lowest BCUT2D eigenvalue weighted by atomic mass is 10.3. The molecule has 0 unspecified atom stereocenters. The van der Waals surface area contributed by atoms with E-state index in [0.717, 1.165) is 0 Å². The zero-order valence-electron chi connectivity index (χ0n) is 4.90. The van der Waals surface area contributed by atoms with Crippen LogP contribution in [0.3, 0.4) is 0 Å². The van der Waals surface area contributed by atoms with E-state index in [0.29, 0.717) is 0 Å². The number of nitrogens with zero attached hydrogens (tertiary/aromatic N) is 2. The molecule has 2 N–H and O–H groups in total. The topological polar surface area (TPSA) is 84.9 Å². The molecule has 0 aromatic heterocycles. The second kappa shape index (κ2) is 1.51. The Morgan fingerprint density at radius 1 is 1.56 bits per heavy atom. The van der Waals surface area contributed by atoms with Gasteiger partial charge in [-0.05, 0) is 6.92 Å². The Labute approximate surface area is 53.0 Å². The molecule has 5 nitrogen and oxygen atoms in total. The average molecular weight is 149 g/mol. The third-order valence-corrected chi connectivity index (χ3v) is 1.87. The van der Waals surface area contributed by atoms with Crippen LogP contribution in [-0.4, -0.2) is 19.8 Å². The van der Waals surface area contributed by atoms with Gasteiger partial charge in [-0.2, -0.15) is 10.2 Å². The Balaban J connectivity index is 2.54. The van der Waals surface area contributed by atoms with Gasteiger partial charge in [0.2, 0.25) is 15.7 Å². The SMILES string of the molecule is CC1(CS(N)(=O)=O)N=N1. The first-order valence-corrected chi connectivity index (χ1v) is 4.07. The third-order valence-electron chi connectivity index (χ3n) is 0.916. The van der Waals surface area contributed by atoms with E-state index in [9.17, 15) is 8.42 Å². The van der Waals surface area contributed by atoms with Gasteiger partial charge in [0.05, 0.1) is 0 Å². The van der Waals surface area contributed by atoms with Gasteiger partial charge in [-0.1, -0.05) is 0 Å². The fourth-order valence-electron chi connectivity index (χ4n) is 0.524. The smallest absolute Gasteiger partial charge is 0.213 e. The van der Waals surface area contributed by atoms with Crippen molar-refractivity contribution >= 4 is 10.0 Å². The highest BCUT2D eigenvalue weighted by atomic mass is 32.2. The van der Waals surface area contributed by atoms with Crippen LogP contribution in [0.5, 0.6) is 0 Å². The molecule has 0 radical (unpaired) electrons. The summed E-state index contributed by atoms with van der Waals surface area (Å²) in [4.78, 5) is 0. The molecule has 0 aromatic carbocycles. The van der Waals surface area contributed by atoms with Gasteiger partial charge in [0.25, 0.3) is 0 Å². The summed E-state index contributed by atoms with van der Waals surface area (Å²) in [5.41, 5.74) is -0.729. The fourth-order valence-corrected chi connectivity index (χ4v) is 1.40. The number of rotatable bonds is 2. The van der Waals surface area contributed by atoms with E-state index in [1.54, 1.807) is 6.92 Å². The summed E-state index contributed by atoms with van der Waals surface area (Å²) in [5, 5.41) is 11.7. The maximum Gasteiger partial charge on any atom is 0.213 e.